The molecule has 4 rings (SSSR count). The molecule has 0 bridgehead atoms. The highest BCUT2D eigenvalue weighted by Crippen LogP contribution is 2.24. The molecule has 5 heteroatoms. The molecular weight excluding hydrogens is 346 g/mol. The van der Waals surface area contributed by atoms with Crippen LogP contribution in [0, 0.1) is 0 Å². The minimum Gasteiger partial charge on any atom is -0.349 e. The van der Waals surface area contributed by atoms with Crippen molar-refractivity contribution in [3.63, 3.8) is 0 Å². The van der Waals surface area contributed by atoms with E-state index < -0.39 is 0 Å². The number of hydrogen-bond donors (Lipinski definition) is 2. The second kappa shape index (κ2) is 7.52. The van der Waals surface area contributed by atoms with Crippen LogP contribution < -0.4 is 5.32 Å². The Hall–Kier alpha value is -2.30. The highest BCUT2D eigenvalue weighted by Gasteiger charge is 2.12. The molecule has 1 aliphatic rings. The Labute approximate surface area is 158 Å². The van der Waals surface area contributed by atoms with Crippen LogP contribution in [0.5, 0.6) is 0 Å². The van der Waals surface area contributed by atoms with Crippen molar-refractivity contribution >= 4 is 34.1 Å². The molecular formula is C21H22ClN3O. The van der Waals surface area contributed by atoms with Gasteiger partial charge < -0.3 is 10.3 Å². The summed E-state index contributed by atoms with van der Waals surface area (Å²) in [6.45, 7) is 3.34. The smallest absolute Gasteiger partial charge is 0.272 e. The average molecular weight is 368 g/mol. The fourth-order valence-electron chi connectivity index (χ4n) is 3.51. The topological polar surface area (TPSA) is 48.1 Å². The molecule has 0 aliphatic carbocycles. The molecule has 26 heavy (non-hydrogen) atoms. The number of para-hydroxylation sites is 1. The number of piperidine rings is 1. The SMILES string of the molecule is O=C(Nc1ccc(CN2CCCCC2)cc1)c1cc2cccc(Cl)c2[nH]1. The minimum absolute atomic E-state index is 0.166. The lowest BCUT2D eigenvalue weighted by atomic mass is 10.1. The molecule has 1 amide bonds. The third-order valence-electron chi connectivity index (χ3n) is 4.92. The van der Waals surface area contributed by atoms with Crippen molar-refractivity contribution in [3.8, 4) is 0 Å². The van der Waals surface area contributed by atoms with E-state index in [0.29, 0.717) is 10.7 Å². The predicted octanol–water partition coefficient (Wildman–Crippen LogP) is 5.06. The molecule has 0 unspecified atom stereocenters. The lowest BCUT2D eigenvalue weighted by molar-refractivity contribution is 0.102. The van der Waals surface area contributed by atoms with Crippen LogP contribution in [0.1, 0.15) is 35.3 Å². The third-order valence-corrected chi connectivity index (χ3v) is 5.23. The summed E-state index contributed by atoms with van der Waals surface area (Å²) >= 11 is 6.17. The number of carbonyl (C=O) groups is 1. The Bertz CT molecular complexity index is 911. The van der Waals surface area contributed by atoms with Gasteiger partial charge in [0.2, 0.25) is 0 Å². The fraction of sp³-hybridized carbons (Fsp3) is 0.286. The van der Waals surface area contributed by atoms with Crippen molar-refractivity contribution in [2.75, 3.05) is 18.4 Å². The molecule has 1 aliphatic heterocycles. The number of anilines is 1. The van der Waals surface area contributed by atoms with Gasteiger partial charge >= 0.3 is 0 Å². The van der Waals surface area contributed by atoms with Crippen molar-refractivity contribution in [1.29, 1.82) is 0 Å². The first-order chi connectivity index (χ1) is 12.7. The first kappa shape index (κ1) is 17.1. The summed E-state index contributed by atoms with van der Waals surface area (Å²) in [7, 11) is 0. The number of fused-ring (bicyclic) bond motifs is 1. The Kier molecular flexibility index (Phi) is 4.96. The number of halogens is 1. The summed E-state index contributed by atoms with van der Waals surface area (Å²) in [6.07, 6.45) is 3.94. The third kappa shape index (κ3) is 3.76. The Balaban J connectivity index is 1.42. The molecule has 0 spiro atoms. The molecule has 134 valence electrons. The standard InChI is InChI=1S/C21H22ClN3O/c22-18-6-4-5-16-13-19(24-20(16)18)21(26)23-17-9-7-15(8-10-17)14-25-11-2-1-3-12-25/h4-10,13,24H,1-3,11-12,14H2,(H,23,26). The van der Waals surface area contributed by atoms with E-state index in [1.54, 1.807) is 0 Å². The van der Waals surface area contributed by atoms with Crippen LogP contribution >= 0.6 is 11.6 Å². The minimum atomic E-state index is -0.166. The van der Waals surface area contributed by atoms with E-state index in [-0.39, 0.29) is 5.91 Å². The number of likely N-dealkylation sites (tertiary alicyclic amines) is 1. The van der Waals surface area contributed by atoms with Crippen LogP contribution in [0.3, 0.4) is 0 Å². The summed E-state index contributed by atoms with van der Waals surface area (Å²) < 4.78 is 0. The first-order valence-electron chi connectivity index (χ1n) is 9.09. The van der Waals surface area contributed by atoms with E-state index >= 15 is 0 Å². The van der Waals surface area contributed by atoms with E-state index in [0.717, 1.165) is 23.1 Å². The molecule has 4 nitrogen and oxygen atoms in total. The van der Waals surface area contributed by atoms with Crippen molar-refractivity contribution in [2.24, 2.45) is 0 Å². The second-order valence-electron chi connectivity index (χ2n) is 6.87. The molecule has 3 aromatic rings. The molecule has 1 aromatic heterocycles. The second-order valence-corrected chi connectivity index (χ2v) is 7.28. The monoisotopic (exact) mass is 367 g/mol. The zero-order valence-corrected chi connectivity index (χ0v) is 15.4. The lowest BCUT2D eigenvalue weighted by Crippen LogP contribution is -2.29. The van der Waals surface area contributed by atoms with Crippen LogP contribution in [-0.2, 0) is 6.54 Å². The number of hydrogen-bond acceptors (Lipinski definition) is 2. The van der Waals surface area contributed by atoms with E-state index in [9.17, 15) is 4.79 Å². The summed E-state index contributed by atoms with van der Waals surface area (Å²) in [5.74, 6) is -0.166. The van der Waals surface area contributed by atoms with Gasteiger partial charge in [-0.2, -0.15) is 0 Å². The average Bonchev–Trinajstić information content (AvgIpc) is 3.10. The summed E-state index contributed by atoms with van der Waals surface area (Å²) in [5.41, 5.74) is 3.37. The van der Waals surface area contributed by atoms with E-state index in [1.807, 2.05) is 36.4 Å². The normalized spacial score (nSPS) is 15.3. The number of benzene rings is 2. The Morgan fingerprint density at radius 2 is 1.85 bits per heavy atom. The number of nitrogens with one attached hydrogen (secondary N) is 2. The fourth-order valence-corrected chi connectivity index (χ4v) is 3.74. The number of nitrogens with zero attached hydrogens (tertiary/aromatic N) is 1. The van der Waals surface area contributed by atoms with E-state index in [4.69, 9.17) is 11.6 Å². The van der Waals surface area contributed by atoms with Crippen LogP contribution in [-0.4, -0.2) is 28.9 Å². The van der Waals surface area contributed by atoms with Gasteiger partial charge in [0, 0.05) is 17.6 Å². The van der Waals surface area contributed by atoms with Crippen LogP contribution in [0.25, 0.3) is 10.9 Å². The van der Waals surface area contributed by atoms with Gasteiger partial charge in [-0.15, -0.1) is 0 Å². The lowest BCUT2D eigenvalue weighted by Gasteiger charge is -2.26. The van der Waals surface area contributed by atoms with Gasteiger partial charge in [0.15, 0.2) is 0 Å². The van der Waals surface area contributed by atoms with Gasteiger partial charge in [-0.1, -0.05) is 42.3 Å². The zero-order chi connectivity index (χ0) is 17.9. The van der Waals surface area contributed by atoms with Gasteiger partial charge in [0.25, 0.3) is 5.91 Å². The maximum absolute atomic E-state index is 12.5. The Morgan fingerprint density at radius 3 is 2.58 bits per heavy atom. The van der Waals surface area contributed by atoms with Gasteiger partial charge in [-0.05, 0) is 55.8 Å². The van der Waals surface area contributed by atoms with Gasteiger partial charge in [0.05, 0.1) is 10.5 Å². The predicted molar refractivity (Wildman–Crippen MR) is 107 cm³/mol. The molecule has 2 N–H and O–H groups in total. The first-order valence-corrected chi connectivity index (χ1v) is 9.47. The van der Waals surface area contributed by atoms with Crippen molar-refractivity contribution in [3.05, 3.63) is 64.8 Å². The van der Waals surface area contributed by atoms with Gasteiger partial charge in [0.1, 0.15) is 5.69 Å². The van der Waals surface area contributed by atoms with Crippen LogP contribution in [0.2, 0.25) is 5.02 Å². The number of amides is 1. The molecule has 2 heterocycles. The summed E-state index contributed by atoms with van der Waals surface area (Å²) in [6, 6.07) is 15.5. The molecule has 2 aromatic carbocycles. The molecule has 0 atom stereocenters. The highest BCUT2D eigenvalue weighted by atomic mass is 35.5. The van der Waals surface area contributed by atoms with Gasteiger partial charge in [-0.25, -0.2) is 0 Å². The van der Waals surface area contributed by atoms with Crippen molar-refractivity contribution < 1.29 is 4.79 Å². The summed E-state index contributed by atoms with van der Waals surface area (Å²) in [5, 5.41) is 4.49. The highest BCUT2D eigenvalue weighted by molar-refractivity contribution is 6.35. The van der Waals surface area contributed by atoms with Crippen molar-refractivity contribution in [1.82, 2.24) is 9.88 Å². The Morgan fingerprint density at radius 1 is 1.08 bits per heavy atom. The van der Waals surface area contributed by atoms with Crippen molar-refractivity contribution in [2.45, 2.75) is 25.8 Å². The van der Waals surface area contributed by atoms with Crippen LogP contribution in [0.4, 0.5) is 5.69 Å². The zero-order valence-electron chi connectivity index (χ0n) is 14.6. The number of carbonyl (C=O) groups excluding carboxylic acids is 1. The number of rotatable bonds is 4. The molecule has 0 saturated carbocycles. The number of aromatic nitrogens is 1. The molecule has 0 radical (unpaired) electrons. The maximum Gasteiger partial charge on any atom is 0.272 e. The van der Waals surface area contributed by atoms with Crippen LogP contribution in [0.15, 0.2) is 48.5 Å². The largest absolute Gasteiger partial charge is 0.349 e. The van der Waals surface area contributed by atoms with Gasteiger partial charge in [-0.3, -0.25) is 9.69 Å². The van der Waals surface area contributed by atoms with E-state index in [1.165, 1.54) is 37.9 Å². The molecule has 1 saturated heterocycles. The number of H-pyrrole nitrogens is 1. The maximum atomic E-state index is 12.5. The van der Waals surface area contributed by atoms with E-state index in [2.05, 4.69) is 27.3 Å². The molecule has 1 fully saturated rings. The number of aromatic amines is 1. The quantitative estimate of drug-likeness (QED) is 0.677. The summed E-state index contributed by atoms with van der Waals surface area (Å²) in [4.78, 5) is 18.1.